The first-order valence-electron chi connectivity index (χ1n) is 15.8. The molecule has 0 aromatic heterocycles. The maximum Gasteiger partial charge on any atom is 0.338 e. The summed E-state index contributed by atoms with van der Waals surface area (Å²) >= 11 is 3.41. The highest BCUT2D eigenvalue weighted by Crippen LogP contribution is 2.34. The molecule has 1 aliphatic heterocycles. The molecule has 1 fully saturated rings. The minimum Gasteiger partial charge on any atom is -0.497 e. The van der Waals surface area contributed by atoms with Crippen LogP contribution >= 0.6 is 15.9 Å². The van der Waals surface area contributed by atoms with Gasteiger partial charge in [-0.2, -0.15) is 0 Å². The number of methoxy groups -OCH3 is 4. The third kappa shape index (κ3) is 9.19. The van der Waals surface area contributed by atoms with Crippen LogP contribution in [0.15, 0.2) is 97.1 Å². The van der Waals surface area contributed by atoms with Gasteiger partial charge in [0, 0.05) is 0 Å². The number of carbonyl (C=O) groups is 4. The highest BCUT2D eigenvalue weighted by molar-refractivity contribution is 9.09. The molecule has 5 atom stereocenters. The van der Waals surface area contributed by atoms with E-state index < -0.39 is 59.9 Å². The molecule has 13 nitrogen and oxygen atoms in total. The minimum atomic E-state index is -1.48. The summed E-state index contributed by atoms with van der Waals surface area (Å²) in [6.45, 7) is -0.455. The van der Waals surface area contributed by atoms with E-state index in [1.54, 1.807) is 48.5 Å². The van der Waals surface area contributed by atoms with Gasteiger partial charge in [-0.05, 0) is 97.1 Å². The zero-order valence-electron chi connectivity index (χ0n) is 28.5. The molecule has 1 heterocycles. The zero-order chi connectivity index (χ0) is 37.2. The number of ether oxygens (including phenoxy) is 9. The van der Waals surface area contributed by atoms with Crippen LogP contribution in [0.3, 0.4) is 0 Å². The molecular formula is C38H35BrO13. The van der Waals surface area contributed by atoms with Crippen molar-refractivity contribution in [3.63, 3.8) is 0 Å². The van der Waals surface area contributed by atoms with E-state index in [1.165, 1.54) is 77.0 Å². The number of hydrogen-bond acceptors (Lipinski definition) is 13. The first-order chi connectivity index (χ1) is 25.1. The summed E-state index contributed by atoms with van der Waals surface area (Å²) in [6, 6.07) is 24.6. The number of carbonyl (C=O) groups excluding carboxylic acids is 4. The van der Waals surface area contributed by atoms with Gasteiger partial charge in [0.2, 0.25) is 0 Å². The summed E-state index contributed by atoms with van der Waals surface area (Å²) in [7, 11) is 5.95. The summed E-state index contributed by atoms with van der Waals surface area (Å²) in [6.07, 6.45) is -5.55. The van der Waals surface area contributed by atoms with Crippen molar-refractivity contribution in [2.75, 3.05) is 35.0 Å². The standard InChI is InChI=1S/C38H35BrO13/c1-44-26-13-5-22(6-14-26)35(40)48-21-30-31(50-36(41)23-7-15-27(45-2)16-8-23)32(51-37(42)24-9-17-28(46-3)18-10-24)33(34(39)49-30)52-38(43)25-11-19-29(47-4)20-12-25/h5-20,30-34H,21H2,1-4H3/t30-,31-,32+,33+,34+/m1/s1. The van der Waals surface area contributed by atoms with Gasteiger partial charge in [-0.3, -0.25) is 0 Å². The maximum absolute atomic E-state index is 13.6. The minimum absolute atomic E-state index is 0.126. The first-order valence-corrected chi connectivity index (χ1v) is 16.7. The lowest BCUT2D eigenvalue weighted by molar-refractivity contribution is -0.205. The van der Waals surface area contributed by atoms with Crippen molar-refractivity contribution in [3.8, 4) is 23.0 Å². The molecule has 5 rings (SSSR count). The van der Waals surface area contributed by atoms with Crippen molar-refractivity contribution in [1.82, 2.24) is 0 Å². The van der Waals surface area contributed by atoms with Gasteiger partial charge in [-0.1, -0.05) is 15.9 Å². The number of halogens is 1. The fourth-order valence-corrected chi connectivity index (χ4v) is 5.81. The molecule has 0 radical (unpaired) electrons. The van der Waals surface area contributed by atoms with Crippen LogP contribution in [0.2, 0.25) is 0 Å². The second-order valence-electron chi connectivity index (χ2n) is 11.1. The summed E-state index contributed by atoms with van der Waals surface area (Å²) in [4.78, 5) is 53.8. The number of esters is 4. The number of rotatable bonds is 13. The van der Waals surface area contributed by atoms with Crippen LogP contribution in [0.25, 0.3) is 0 Å². The second kappa shape index (κ2) is 17.6. The van der Waals surface area contributed by atoms with Gasteiger partial charge in [0.1, 0.15) is 35.7 Å². The molecule has 52 heavy (non-hydrogen) atoms. The van der Waals surface area contributed by atoms with Crippen LogP contribution < -0.4 is 18.9 Å². The van der Waals surface area contributed by atoms with Crippen molar-refractivity contribution >= 4 is 39.8 Å². The van der Waals surface area contributed by atoms with Crippen molar-refractivity contribution < 1.29 is 61.8 Å². The Balaban J connectivity index is 1.49. The second-order valence-corrected chi connectivity index (χ2v) is 12.1. The fourth-order valence-electron chi connectivity index (χ4n) is 5.13. The fraction of sp³-hybridized carbons (Fsp3) is 0.263. The van der Waals surface area contributed by atoms with Crippen molar-refractivity contribution in [1.29, 1.82) is 0 Å². The normalized spacial score (nSPS) is 19.4. The highest BCUT2D eigenvalue weighted by atomic mass is 79.9. The summed E-state index contributed by atoms with van der Waals surface area (Å²) in [5.74, 6) is -1.12. The molecule has 0 spiro atoms. The zero-order valence-corrected chi connectivity index (χ0v) is 30.1. The Bertz CT molecular complexity index is 1830. The molecular weight excluding hydrogens is 744 g/mol. The lowest BCUT2D eigenvalue weighted by Gasteiger charge is -2.43. The molecule has 0 N–H and O–H groups in total. The molecule has 4 aromatic carbocycles. The van der Waals surface area contributed by atoms with Gasteiger partial charge >= 0.3 is 23.9 Å². The van der Waals surface area contributed by atoms with Crippen LogP contribution in [0.5, 0.6) is 23.0 Å². The summed E-state index contributed by atoms with van der Waals surface area (Å²) in [5.41, 5.74) is 0.625. The quantitative estimate of drug-likeness (QED) is 0.0932. The van der Waals surface area contributed by atoms with Gasteiger partial charge in [0.25, 0.3) is 0 Å². The molecule has 0 bridgehead atoms. The average molecular weight is 780 g/mol. The van der Waals surface area contributed by atoms with Gasteiger partial charge in [-0.15, -0.1) is 0 Å². The van der Waals surface area contributed by atoms with E-state index in [2.05, 4.69) is 15.9 Å². The Morgan fingerprint density at radius 3 is 1.13 bits per heavy atom. The summed E-state index contributed by atoms with van der Waals surface area (Å²) < 4.78 is 50.3. The van der Waals surface area contributed by atoms with Crippen LogP contribution in [-0.2, 0) is 23.7 Å². The van der Waals surface area contributed by atoms with Crippen LogP contribution in [0.4, 0.5) is 0 Å². The topological polar surface area (TPSA) is 151 Å². The molecule has 0 unspecified atom stereocenters. The molecule has 0 amide bonds. The van der Waals surface area contributed by atoms with Crippen molar-refractivity contribution in [2.24, 2.45) is 0 Å². The largest absolute Gasteiger partial charge is 0.497 e. The first kappa shape index (κ1) is 37.7. The monoisotopic (exact) mass is 778 g/mol. The Morgan fingerprint density at radius 2 is 0.788 bits per heavy atom. The smallest absolute Gasteiger partial charge is 0.338 e. The van der Waals surface area contributed by atoms with Gasteiger partial charge in [0.05, 0.1) is 50.7 Å². The van der Waals surface area contributed by atoms with E-state index in [-0.39, 0.29) is 22.3 Å². The molecule has 272 valence electrons. The molecule has 1 saturated heterocycles. The molecule has 14 heteroatoms. The van der Waals surface area contributed by atoms with E-state index in [0.717, 1.165) is 0 Å². The number of alkyl halides is 1. The Kier molecular flexibility index (Phi) is 12.7. The third-order valence-electron chi connectivity index (χ3n) is 7.99. The SMILES string of the molecule is COc1ccc(C(=O)OC[C@H]2O[C@H](Br)[C@@H](OC(=O)c3ccc(OC)cc3)[C@@H](OC(=O)c3ccc(OC)cc3)[C@@H]2OC(=O)c2ccc(OC)cc2)cc1. The van der Waals surface area contributed by atoms with Crippen LogP contribution in [0, 0.1) is 0 Å². The van der Waals surface area contributed by atoms with E-state index in [9.17, 15) is 19.2 Å². The lowest BCUT2D eigenvalue weighted by Crippen LogP contribution is -2.61. The van der Waals surface area contributed by atoms with Crippen LogP contribution in [-0.4, -0.2) is 88.4 Å². The highest BCUT2D eigenvalue weighted by Gasteiger charge is 2.52. The number of hydrogen-bond donors (Lipinski definition) is 0. The van der Waals surface area contributed by atoms with E-state index in [0.29, 0.717) is 23.0 Å². The lowest BCUT2D eigenvalue weighted by atomic mass is 9.99. The molecule has 0 aliphatic carbocycles. The predicted molar refractivity (Wildman–Crippen MR) is 187 cm³/mol. The van der Waals surface area contributed by atoms with Crippen LogP contribution in [0.1, 0.15) is 41.4 Å². The number of benzene rings is 4. The van der Waals surface area contributed by atoms with Gasteiger partial charge < -0.3 is 42.6 Å². The van der Waals surface area contributed by atoms with Gasteiger partial charge in [-0.25, -0.2) is 19.2 Å². The summed E-state index contributed by atoms with van der Waals surface area (Å²) in [5, 5.41) is -1.14. The van der Waals surface area contributed by atoms with Crippen molar-refractivity contribution in [2.45, 2.75) is 29.4 Å². The average Bonchev–Trinajstić information content (AvgIpc) is 3.19. The maximum atomic E-state index is 13.6. The van der Waals surface area contributed by atoms with E-state index >= 15 is 0 Å². The van der Waals surface area contributed by atoms with Crippen molar-refractivity contribution in [3.05, 3.63) is 119 Å². The molecule has 0 saturated carbocycles. The Labute approximate surface area is 307 Å². The van der Waals surface area contributed by atoms with E-state index in [4.69, 9.17) is 42.6 Å². The van der Waals surface area contributed by atoms with Gasteiger partial charge in [0.15, 0.2) is 23.3 Å². The predicted octanol–water partition coefficient (Wildman–Crippen LogP) is 5.67. The van der Waals surface area contributed by atoms with E-state index in [1.807, 2.05) is 0 Å². The Morgan fingerprint density at radius 1 is 0.481 bits per heavy atom. The third-order valence-corrected chi connectivity index (χ3v) is 8.72. The molecule has 4 aromatic rings. The molecule has 1 aliphatic rings. The Hall–Kier alpha value is -5.60.